The van der Waals surface area contributed by atoms with Crippen molar-refractivity contribution in [3.63, 3.8) is 0 Å². The minimum absolute atomic E-state index is 0.0692. The number of aryl methyl sites for hydroxylation is 1. The molecule has 0 heterocycles. The molecule has 1 rings (SSSR count). The van der Waals surface area contributed by atoms with E-state index in [-0.39, 0.29) is 5.69 Å². The van der Waals surface area contributed by atoms with Gasteiger partial charge >= 0.3 is 0 Å². The second-order valence-electron chi connectivity index (χ2n) is 3.26. The molecule has 0 saturated carbocycles. The Morgan fingerprint density at radius 1 is 1.38 bits per heavy atom. The smallest absolute Gasteiger partial charge is 0.258 e. The highest BCUT2D eigenvalue weighted by molar-refractivity contribution is 7.95. The Bertz CT molecular complexity index is 593. The van der Waals surface area contributed by atoms with Crippen LogP contribution in [0.3, 0.4) is 0 Å². The van der Waals surface area contributed by atoms with E-state index in [1.54, 1.807) is 13.0 Å². The molecule has 1 aromatic rings. The van der Waals surface area contributed by atoms with Gasteiger partial charge in [-0.15, -0.1) is 0 Å². The minimum atomic E-state index is -3.40. The van der Waals surface area contributed by atoms with Crippen LogP contribution in [0.4, 0.5) is 5.69 Å². The standard InChI is InChI=1S/C10H9NO4S/c1-8-3-4-9(5-6-16(2,14)15)7-10(8)11(12)13/h3-4,7H,1-2H3. The van der Waals surface area contributed by atoms with Gasteiger partial charge in [0, 0.05) is 22.4 Å². The molecule has 0 radical (unpaired) electrons. The highest BCUT2D eigenvalue weighted by Gasteiger charge is 2.09. The molecular formula is C10H9NO4S. The normalized spacial score (nSPS) is 10.4. The number of hydrogen-bond donors (Lipinski definition) is 0. The van der Waals surface area contributed by atoms with Crippen molar-refractivity contribution in [3.05, 3.63) is 39.4 Å². The van der Waals surface area contributed by atoms with Crippen molar-refractivity contribution in [2.45, 2.75) is 6.92 Å². The molecule has 0 saturated heterocycles. The fraction of sp³-hybridized carbons (Fsp3) is 0.200. The molecule has 0 aliphatic rings. The van der Waals surface area contributed by atoms with Gasteiger partial charge < -0.3 is 0 Å². The molecule has 0 bridgehead atoms. The van der Waals surface area contributed by atoms with Gasteiger partial charge in [0.05, 0.1) is 11.2 Å². The molecule has 1 aromatic carbocycles. The molecule has 0 atom stereocenters. The quantitative estimate of drug-likeness (QED) is 0.420. The highest BCUT2D eigenvalue weighted by atomic mass is 32.2. The number of nitrogens with zero attached hydrogens (tertiary/aromatic N) is 1. The molecular weight excluding hydrogens is 230 g/mol. The minimum Gasteiger partial charge on any atom is -0.258 e. The summed E-state index contributed by atoms with van der Waals surface area (Å²) in [4.78, 5) is 10.1. The zero-order valence-electron chi connectivity index (χ0n) is 8.72. The van der Waals surface area contributed by atoms with Crippen molar-refractivity contribution in [1.82, 2.24) is 0 Å². The van der Waals surface area contributed by atoms with Crippen LogP contribution < -0.4 is 0 Å². The Kier molecular flexibility index (Phi) is 3.30. The van der Waals surface area contributed by atoms with E-state index in [0.717, 1.165) is 6.26 Å². The van der Waals surface area contributed by atoms with Crippen molar-refractivity contribution in [2.24, 2.45) is 0 Å². The molecule has 84 valence electrons. The van der Waals surface area contributed by atoms with E-state index in [0.29, 0.717) is 11.1 Å². The molecule has 5 nitrogen and oxygen atoms in total. The highest BCUT2D eigenvalue weighted by Crippen LogP contribution is 2.18. The Balaban J connectivity index is 3.23. The molecule has 0 unspecified atom stereocenters. The number of rotatable bonds is 1. The van der Waals surface area contributed by atoms with Gasteiger partial charge in [-0.25, -0.2) is 8.42 Å². The van der Waals surface area contributed by atoms with Gasteiger partial charge in [-0.1, -0.05) is 6.07 Å². The molecule has 0 fully saturated rings. The van der Waals surface area contributed by atoms with Crippen LogP contribution in [-0.2, 0) is 9.84 Å². The number of sulfone groups is 1. The van der Waals surface area contributed by atoms with Crippen molar-refractivity contribution >= 4 is 15.5 Å². The van der Waals surface area contributed by atoms with E-state index in [2.05, 4.69) is 5.92 Å². The predicted octanol–water partition coefficient (Wildman–Crippen LogP) is 1.26. The van der Waals surface area contributed by atoms with Crippen LogP contribution in [0.25, 0.3) is 0 Å². The Morgan fingerprint density at radius 2 is 2.00 bits per heavy atom. The van der Waals surface area contributed by atoms with Crippen LogP contribution in [0.15, 0.2) is 18.2 Å². The van der Waals surface area contributed by atoms with Gasteiger partial charge in [-0.3, -0.25) is 10.1 Å². The van der Waals surface area contributed by atoms with E-state index in [1.807, 2.05) is 5.25 Å². The fourth-order valence-electron chi connectivity index (χ4n) is 1.04. The summed E-state index contributed by atoms with van der Waals surface area (Å²) < 4.78 is 21.6. The second-order valence-corrected chi connectivity index (χ2v) is 5.01. The number of benzene rings is 1. The van der Waals surface area contributed by atoms with Gasteiger partial charge in [0.2, 0.25) is 9.84 Å². The van der Waals surface area contributed by atoms with Crippen LogP contribution >= 0.6 is 0 Å². The summed E-state index contributed by atoms with van der Waals surface area (Å²) in [5.74, 6) is 2.36. The van der Waals surface area contributed by atoms with Gasteiger partial charge in [-0.05, 0) is 18.9 Å². The van der Waals surface area contributed by atoms with E-state index in [9.17, 15) is 18.5 Å². The average molecular weight is 239 g/mol. The van der Waals surface area contributed by atoms with Crippen LogP contribution in [0.1, 0.15) is 11.1 Å². The Hall–Kier alpha value is -1.87. The summed E-state index contributed by atoms with van der Waals surface area (Å²) >= 11 is 0. The van der Waals surface area contributed by atoms with Gasteiger partial charge in [0.15, 0.2) is 0 Å². The summed E-state index contributed by atoms with van der Waals surface area (Å²) in [7, 11) is -3.40. The topological polar surface area (TPSA) is 77.3 Å². The van der Waals surface area contributed by atoms with E-state index in [1.165, 1.54) is 12.1 Å². The molecule has 0 amide bonds. The average Bonchev–Trinajstić information content (AvgIpc) is 2.14. The molecule has 6 heteroatoms. The Morgan fingerprint density at radius 3 is 2.50 bits per heavy atom. The first-order valence-corrected chi connectivity index (χ1v) is 6.16. The second kappa shape index (κ2) is 4.33. The Labute approximate surface area is 93.2 Å². The van der Waals surface area contributed by atoms with E-state index < -0.39 is 14.8 Å². The monoisotopic (exact) mass is 239 g/mol. The molecule has 0 N–H and O–H groups in total. The first-order chi connectivity index (χ1) is 7.29. The van der Waals surface area contributed by atoms with Crippen molar-refractivity contribution < 1.29 is 13.3 Å². The predicted molar refractivity (Wildman–Crippen MR) is 59.6 cm³/mol. The SMILES string of the molecule is Cc1ccc(C#CS(C)(=O)=O)cc1[N+](=O)[O-]. The molecule has 16 heavy (non-hydrogen) atoms. The molecule has 0 aliphatic carbocycles. The third-order valence-electron chi connectivity index (χ3n) is 1.79. The number of nitro benzene ring substituents is 1. The lowest BCUT2D eigenvalue weighted by Gasteiger charge is -1.96. The number of hydrogen-bond acceptors (Lipinski definition) is 4. The van der Waals surface area contributed by atoms with Gasteiger partial charge in [0.1, 0.15) is 0 Å². The molecule has 0 aromatic heterocycles. The van der Waals surface area contributed by atoms with Crippen LogP contribution in [0.2, 0.25) is 0 Å². The first-order valence-electron chi connectivity index (χ1n) is 4.27. The van der Waals surface area contributed by atoms with Crippen LogP contribution in [-0.4, -0.2) is 19.6 Å². The molecule has 0 aliphatic heterocycles. The van der Waals surface area contributed by atoms with Crippen molar-refractivity contribution in [1.29, 1.82) is 0 Å². The summed E-state index contributed by atoms with van der Waals surface area (Å²) in [5.41, 5.74) is 0.748. The summed E-state index contributed by atoms with van der Waals surface area (Å²) in [6, 6.07) is 4.33. The van der Waals surface area contributed by atoms with E-state index in [4.69, 9.17) is 0 Å². The summed E-state index contributed by atoms with van der Waals surface area (Å²) in [6.45, 7) is 1.60. The summed E-state index contributed by atoms with van der Waals surface area (Å²) in [6.07, 6.45) is 0.975. The largest absolute Gasteiger partial charge is 0.273 e. The first kappa shape index (κ1) is 12.2. The maximum Gasteiger partial charge on any atom is 0.273 e. The maximum absolute atomic E-state index is 10.8. The lowest BCUT2D eigenvalue weighted by atomic mass is 10.1. The zero-order valence-corrected chi connectivity index (χ0v) is 9.54. The van der Waals surface area contributed by atoms with Gasteiger partial charge in [-0.2, -0.15) is 0 Å². The zero-order chi connectivity index (χ0) is 12.3. The van der Waals surface area contributed by atoms with Crippen molar-refractivity contribution in [3.8, 4) is 11.2 Å². The van der Waals surface area contributed by atoms with Crippen LogP contribution in [0, 0.1) is 28.2 Å². The van der Waals surface area contributed by atoms with Crippen molar-refractivity contribution in [2.75, 3.05) is 6.26 Å². The third-order valence-corrected chi connectivity index (χ3v) is 2.26. The lowest BCUT2D eigenvalue weighted by Crippen LogP contribution is -1.93. The maximum atomic E-state index is 10.8. The van der Waals surface area contributed by atoms with E-state index >= 15 is 0 Å². The lowest BCUT2D eigenvalue weighted by molar-refractivity contribution is -0.385. The molecule has 0 spiro atoms. The fourth-order valence-corrected chi connectivity index (χ4v) is 1.34. The third kappa shape index (κ3) is 3.37. The van der Waals surface area contributed by atoms with Crippen LogP contribution in [0.5, 0.6) is 0 Å². The van der Waals surface area contributed by atoms with Gasteiger partial charge in [0.25, 0.3) is 5.69 Å². The summed E-state index contributed by atoms with van der Waals surface area (Å²) in [5, 5.41) is 12.6. The number of nitro groups is 1.